The normalized spacial score (nSPS) is 13.9. The van der Waals surface area contributed by atoms with Gasteiger partial charge < -0.3 is 34.2 Å². The number of ether oxygens (including phenoxy) is 6. The first-order valence-electron chi connectivity index (χ1n) is 12.5. The number of carbonyl (C=O) groups excluding carboxylic acids is 4. The van der Waals surface area contributed by atoms with E-state index in [2.05, 4.69) is 0 Å². The fourth-order valence-electron chi connectivity index (χ4n) is 2.73. The molecule has 11 heteroatoms. The molecule has 0 saturated heterocycles. The predicted octanol–water partition coefficient (Wildman–Crippen LogP) is 4.71. The smallest absolute Gasteiger partial charge is 0.462 e. The Labute approximate surface area is 224 Å². The first-order valence-corrected chi connectivity index (χ1v) is 12.5. The summed E-state index contributed by atoms with van der Waals surface area (Å²) in [6.45, 7) is 15.1. The molecule has 1 rings (SSSR count). The van der Waals surface area contributed by atoms with E-state index in [9.17, 15) is 19.2 Å². The van der Waals surface area contributed by atoms with E-state index in [-0.39, 0.29) is 36.4 Å². The van der Waals surface area contributed by atoms with Gasteiger partial charge in [0.1, 0.15) is 30.0 Å². The number of hydrogen-bond acceptors (Lipinski definition) is 11. The Morgan fingerprint density at radius 2 is 1.37 bits per heavy atom. The van der Waals surface area contributed by atoms with E-state index in [1.54, 1.807) is 61.5 Å². The topological polar surface area (TPSA) is 150 Å². The van der Waals surface area contributed by atoms with Crippen molar-refractivity contribution in [2.75, 3.05) is 6.61 Å². The summed E-state index contributed by atoms with van der Waals surface area (Å²) < 4.78 is 31.3. The van der Waals surface area contributed by atoms with E-state index in [1.165, 1.54) is 12.1 Å². The molecule has 214 valence electrons. The van der Waals surface area contributed by atoms with Crippen molar-refractivity contribution < 1.29 is 47.6 Å². The van der Waals surface area contributed by atoms with E-state index in [4.69, 9.17) is 34.2 Å². The van der Waals surface area contributed by atoms with Crippen molar-refractivity contribution in [1.29, 1.82) is 0 Å². The molecule has 0 aromatic heterocycles. The Morgan fingerprint density at radius 3 is 1.87 bits per heavy atom. The predicted molar refractivity (Wildman–Crippen MR) is 138 cm³/mol. The molecule has 0 aliphatic heterocycles. The molecule has 0 spiro atoms. The van der Waals surface area contributed by atoms with Crippen LogP contribution in [0.2, 0.25) is 0 Å². The van der Waals surface area contributed by atoms with E-state index in [0.717, 1.165) is 0 Å². The van der Waals surface area contributed by atoms with Crippen molar-refractivity contribution in [1.82, 2.24) is 0 Å². The van der Waals surface area contributed by atoms with Gasteiger partial charge in [-0.15, -0.1) is 0 Å². The van der Waals surface area contributed by atoms with Crippen molar-refractivity contribution in [3.63, 3.8) is 0 Å². The average molecular weight is 540 g/mol. The van der Waals surface area contributed by atoms with Crippen molar-refractivity contribution in [3.05, 3.63) is 23.8 Å². The SMILES string of the molecule is CCC(C)C(=O)OC[C@H](C)OC(=O)[C@@H](N)Cc1ccc(OC(=O)OC(C)(C)C)c(OC(=O)OC(C)(C)C)c1. The summed E-state index contributed by atoms with van der Waals surface area (Å²) in [6, 6.07) is 3.25. The summed E-state index contributed by atoms with van der Waals surface area (Å²) in [4.78, 5) is 48.7. The van der Waals surface area contributed by atoms with E-state index in [0.29, 0.717) is 12.0 Å². The van der Waals surface area contributed by atoms with Gasteiger partial charge in [0.05, 0.1) is 5.92 Å². The summed E-state index contributed by atoms with van der Waals surface area (Å²) in [6.07, 6.45) is -2.07. The molecule has 11 nitrogen and oxygen atoms in total. The lowest BCUT2D eigenvalue weighted by Gasteiger charge is -2.21. The lowest BCUT2D eigenvalue weighted by atomic mass is 10.1. The van der Waals surface area contributed by atoms with Crippen LogP contribution in [0.5, 0.6) is 11.5 Å². The van der Waals surface area contributed by atoms with Crippen LogP contribution < -0.4 is 15.2 Å². The minimum atomic E-state index is -1.07. The quantitative estimate of drug-likeness (QED) is 0.250. The summed E-state index contributed by atoms with van der Waals surface area (Å²) in [5.74, 6) is -1.55. The maximum Gasteiger partial charge on any atom is 0.514 e. The largest absolute Gasteiger partial charge is 0.514 e. The monoisotopic (exact) mass is 539 g/mol. The molecule has 1 unspecified atom stereocenters. The highest BCUT2D eigenvalue weighted by atomic mass is 16.8. The van der Waals surface area contributed by atoms with Gasteiger partial charge in [-0.25, -0.2) is 9.59 Å². The average Bonchev–Trinajstić information content (AvgIpc) is 2.75. The first-order chi connectivity index (χ1) is 17.4. The van der Waals surface area contributed by atoms with Gasteiger partial charge in [0, 0.05) is 0 Å². The van der Waals surface area contributed by atoms with Crippen LogP contribution in [0, 0.1) is 5.92 Å². The fraction of sp³-hybridized carbons (Fsp3) is 0.630. The highest BCUT2D eigenvalue weighted by Crippen LogP contribution is 2.31. The number of benzene rings is 1. The zero-order valence-corrected chi connectivity index (χ0v) is 23.7. The van der Waals surface area contributed by atoms with Crippen molar-refractivity contribution >= 4 is 24.2 Å². The van der Waals surface area contributed by atoms with Gasteiger partial charge in [0.15, 0.2) is 11.5 Å². The maximum atomic E-state index is 12.5. The van der Waals surface area contributed by atoms with E-state index < -0.39 is 41.6 Å². The molecule has 0 heterocycles. The maximum absolute atomic E-state index is 12.5. The molecule has 38 heavy (non-hydrogen) atoms. The van der Waals surface area contributed by atoms with Gasteiger partial charge in [-0.05, 0) is 79.0 Å². The summed E-state index contributed by atoms with van der Waals surface area (Å²) >= 11 is 0. The van der Waals surface area contributed by atoms with E-state index >= 15 is 0 Å². The van der Waals surface area contributed by atoms with Crippen molar-refractivity contribution in [2.24, 2.45) is 11.7 Å². The van der Waals surface area contributed by atoms with Gasteiger partial charge in [0.25, 0.3) is 0 Å². The van der Waals surface area contributed by atoms with Crippen LogP contribution in [0.25, 0.3) is 0 Å². The zero-order chi connectivity index (χ0) is 29.3. The number of rotatable bonds is 10. The first kappa shape index (κ1) is 32.7. The fourth-order valence-corrected chi connectivity index (χ4v) is 2.73. The molecule has 0 fully saturated rings. The Morgan fingerprint density at radius 1 is 0.842 bits per heavy atom. The number of nitrogens with two attached hydrogens (primary N) is 1. The molecule has 0 saturated carbocycles. The Hall–Kier alpha value is -3.34. The third-order valence-electron chi connectivity index (χ3n) is 4.72. The molecule has 0 bridgehead atoms. The molecule has 0 aliphatic carbocycles. The highest BCUT2D eigenvalue weighted by molar-refractivity contribution is 5.76. The Kier molecular flexibility index (Phi) is 12.0. The van der Waals surface area contributed by atoms with Crippen LogP contribution in [-0.2, 0) is 35.0 Å². The molecule has 3 atom stereocenters. The third-order valence-corrected chi connectivity index (χ3v) is 4.72. The molecule has 2 N–H and O–H groups in total. The zero-order valence-electron chi connectivity index (χ0n) is 23.7. The van der Waals surface area contributed by atoms with Crippen LogP contribution >= 0.6 is 0 Å². The summed E-state index contributed by atoms with van der Waals surface area (Å²) in [7, 11) is 0. The van der Waals surface area contributed by atoms with E-state index in [1.807, 2.05) is 6.92 Å². The molecule has 1 aromatic carbocycles. The van der Waals surface area contributed by atoms with Crippen LogP contribution in [0.4, 0.5) is 9.59 Å². The number of esters is 2. The van der Waals surface area contributed by atoms with Gasteiger partial charge in [-0.2, -0.15) is 0 Å². The van der Waals surface area contributed by atoms with Gasteiger partial charge in [0.2, 0.25) is 0 Å². The summed E-state index contributed by atoms with van der Waals surface area (Å²) in [5, 5.41) is 0. The standard InChI is InChI=1S/C27H41NO10/c1-10-16(2)22(29)33-15-17(3)34-23(30)19(28)13-18-11-12-20(35-24(31)37-26(4,5)6)21(14-18)36-25(32)38-27(7,8)9/h11-12,14,16-17,19H,10,13,15,28H2,1-9H3/t16?,17-,19-/m0/s1. The molecular formula is C27H41NO10. The third kappa shape index (κ3) is 12.8. The van der Waals surface area contributed by atoms with Crippen molar-refractivity contribution in [2.45, 2.75) is 98.5 Å². The van der Waals surface area contributed by atoms with Crippen LogP contribution in [0.1, 0.15) is 74.3 Å². The number of carbonyl (C=O) groups is 4. The van der Waals surface area contributed by atoms with Crippen LogP contribution in [-0.4, -0.2) is 54.2 Å². The van der Waals surface area contributed by atoms with Gasteiger partial charge in [-0.1, -0.05) is 19.9 Å². The molecule has 0 amide bonds. The second-order valence-corrected chi connectivity index (χ2v) is 10.9. The lowest BCUT2D eigenvalue weighted by molar-refractivity contribution is -0.160. The van der Waals surface area contributed by atoms with Crippen LogP contribution in [0.15, 0.2) is 18.2 Å². The Balaban J connectivity index is 2.95. The molecular weight excluding hydrogens is 498 g/mol. The molecule has 0 aliphatic rings. The summed E-state index contributed by atoms with van der Waals surface area (Å²) in [5.41, 5.74) is 4.88. The highest BCUT2D eigenvalue weighted by Gasteiger charge is 2.25. The molecule has 1 aromatic rings. The lowest BCUT2D eigenvalue weighted by Crippen LogP contribution is -2.37. The second-order valence-electron chi connectivity index (χ2n) is 10.9. The minimum absolute atomic E-state index is 0.00953. The van der Waals surface area contributed by atoms with Gasteiger partial charge in [-0.3, -0.25) is 9.59 Å². The molecule has 0 radical (unpaired) electrons. The van der Waals surface area contributed by atoms with Gasteiger partial charge >= 0.3 is 24.2 Å². The van der Waals surface area contributed by atoms with Crippen molar-refractivity contribution in [3.8, 4) is 11.5 Å². The van der Waals surface area contributed by atoms with Crippen LogP contribution in [0.3, 0.4) is 0 Å². The number of hydrogen-bond donors (Lipinski definition) is 1. The Bertz CT molecular complexity index is 977. The second kappa shape index (κ2) is 14.0. The minimum Gasteiger partial charge on any atom is -0.462 e.